The fourth-order valence-electron chi connectivity index (χ4n) is 1.68. The molecule has 0 saturated carbocycles. The van der Waals surface area contributed by atoms with Crippen LogP contribution in [0.1, 0.15) is 15.9 Å². The van der Waals surface area contributed by atoms with E-state index in [1.807, 2.05) is 42.5 Å². The van der Waals surface area contributed by atoms with Crippen molar-refractivity contribution in [1.82, 2.24) is 5.43 Å². The molecule has 0 aliphatic heterocycles. The van der Waals surface area contributed by atoms with Crippen LogP contribution >= 0.6 is 22.6 Å². The van der Waals surface area contributed by atoms with Crippen molar-refractivity contribution in [1.29, 1.82) is 0 Å². The molecule has 0 unspecified atom stereocenters. The molecular weight excluding hydrogens is 391 g/mol. The number of ether oxygens (including phenoxy) is 1. The monoisotopic (exact) mass is 406 g/mol. The van der Waals surface area contributed by atoms with Crippen molar-refractivity contribution in [3.05, 3.63) is 75.9 Å². The number of carbonyl (C=O) groups is 1. The number of nitrogens with one attached hydrogen (secondary N) is 1. The molecule has 0 bridgehead atoms. The number of hydrogen-bond acceptors (Lipinski definition) is 3. The average molecular weight is 406 g/mol. The maximum absolute atomic E-state index is 12.0. The van der Waals surface area contributed by atoms with Crippen molar-refractivity contribution in [2.24, 2.45) is 5.10 Å². The molecule has 2 rings (SSSR count). The van der Waals surface area contributed by atoms with Gasteiger partial charge in [0.1, 0.15) is 12.4 Å². The number of benzene rings is 2. The fraction of sp³-hybridized carbons (Fsp3) is 0.0588. The standard InChI is InChI=1S/C17H15IN2O2/c1-2-11-22-14-9-7-13(8-10-14)12-19-20-17(21)15-5-3-4-6-16(15)18/h2-10,12H,1,11H2,(H,20,21)/b19-12-. The van der Waals surface area contributed by atoms with Gasteiger partial charge in [-0.25, -0.2) is 5.43 Å². The van der Waals surface area contributed by atoms with E-state index in [9.17, 15) is 4.79 Å². The smallest absolute Gasteiger partial charge is 0.272 e. The molecule has 0 spiro atoms. The molecule has 0 saturated heterocycles. The number of hydrazone groups is 1. The van der Waals surface area contributed by atoms with Gasteiger partial charge in [-0.3, -0.25) is 4.79 Å². The van der Waals surface area contributed by atoms with Crippen LogP contribution in [0.15, 0.2) is 66.3 Å². The molecule has 5 heteroatoms. The average Bonchev–Trinajstić information content (AvgIpc) is 2.54. The summed E-state index contributed by atoms with van der Waals surface area (Å²) in [6.45, 7) is 4.07. The number of halogens is 1. The van der Waals surface area contributed by atoms with Crippen LogP contribution < -0.4 is 10.2 Å². The molecule has 2 aromatic rings. The van der Waals surface area contributed by atoms with E-state index >= 15 is 0 Å². The van der Waals surface area contributed by atoms with Gasteiger partial charge in [-0.15, -0.1) is 0 Å². The number of amides is 1. The van der Waals surface area contributed by atoms with E-state index in [0.29, 0.717) is 12.2 Å². The lowest BCUT2D eigenvalue weighted by Gasteiger charge is -2.03. The predicted molar refractivity (Wildman–Crippen MR) is 96.4 cm³/mol. The summed E-state index contributed by atoms with van der Waals surface area (Å²) in [5, 5.41) is 3.97. The molecule has 0 radical (unpaired) electrons. The molecule has 0 fully saturated rings. The van der Waals surface area contributed by atoms with Gasteiger partial charge >= 0.3 is 0 Å². The van der Waals surface area contributed by atoms with Crippen molar-refractivity contribution in [3.8, 4) is 5.75 Å². The van der Waals surface area contributed by atoms with E-state index < -0.39 is 0 Å². The Morgan fingerprint density at radius 2 is 1.95 bits per heavy atom. The lowest BCUT2D eigenvalue weighted by molar-refractivity contribution is 0.0954. The second kappa shape index (κ2) is 8.33. The number of rotatable bonds is 6. The van der Waals surface area contributed by atoms with Crippen molar-refractivity contribution >= 4 is 34.7 Å². The minimum atomic E-state index is -0.229. The van der Waals surface area contributed by atoms with E-state index in [0.717, 1.165) is 14.9 Å². The van der Waals surface area contributed by atoms with Crippen molar-refractivity contribution in [2.75, 3.05) is 6.61 Å². The first-order valence-corrected chi connectivity index (χ1v) is 7.70. The van der Waals surface area contributed by atoms with Crippen LogP contribution in [0.25, 0.3) is 0 Å². The third-order valence-electron chi connectivity index (χ3n) is 2.75. The summed E-state index contributed by atoms with van der Waals surface area (Å²) in [4.78, 5) is 12.0. The molecule has 0 atom stereocenters. The zero-order valence-corrected chi connectivity index (χ0v) is 14.0. The molecule has 22 heavy (non-hydrogen) atoms. The minimum Gasteiger partial charge on any atom is -0.490 e. The van der Waals surface area contributed by atoms with Gasteiger partial charge in [0.25, 0.3) is 5.91 Å². The van der Waals surface area contributed by atoms with Crippen molar-refractivity contribution in [2.45, 2.75) is 0 Å². The van der Waals surface area contributed by atoms with E-state index in [2.05, 4.69) is 39.7 Å². The SMILES string of the molecule is C=CCOc1ccc(/C=N\NC(=O)c2ccccc2I)cc1. The Bertz CT molecular complexity index is 681. The molecule has 1 amide bonds. The van der Waals surface area contributed by atoms with E-state index in [4.69, 9.17) is 4.74 Å². The maximum atomic E-state index is 12.0. The lowest BCUT2D eigenvalue weighted by Crippen LogP contribution is -2.18. The fourth-order valence-corrected chi connectivity index (χ4v) is 2.31. The molecule has 0 aliphatic carbocycles. The molecular formula is C17H15IN2O2. The Morgan fingerprint density at radius 1 is 1.23 bits per heavy atom. The first-order chi connectivity index (χ1) is 10.7. The van der Waals surface area contributed by atoms with Gasteiger partial charge in [-0.05, 0) is 64.6 Å². The van der Waals surface area contributed by atoms with Gasteiger partial charge in [0, 0.05) is 3.57 Å². The van der Waals surface area contributed by atoms with Gasteiger partial charge < -0.3 is 4.74 Å². The number of hydrogen-bond donors (Lipinski definition) is 1. The number of nitrogens with zero attached hydrogens (tertiary/aromatic N) is 1. The molecule has 0 aliphatic rings. The second-order valence-corrected chi connectivity index (χ2v) is 5.51. The Kier molecular flexibility index (Phi) is 6.14. The van der Waals surface area contributed by atoms with Gasteiger partial charge in [0.2, 0.25) is 0 Å². The highest BCUT2D eigenvalue weighted by molar-refractivity contribution is 14.1. The highest BCUT2D eigenvalue weighted by Gasteiger charge is 2.07. The molecule has 2 aromatic carbocycles. The quantitative estimate of drug-likeness (QED) is 0.345. The largest absolute Gasteiger partial charge is 0.490 e. The summed E-state index contributed by atoms with van der Waals surface area (Å²) in [7, 11) is 0. The van der Waals surface area contributed by atoms with Gasteiger partial charge in [0.15, 0.2) is 0 Å². The first kappa shape index (κ1) is 16.2. The topological polar surface area (TPSA) is 50.7 Å². The second-order valence-electron chi connectivity index (χ2n) is 4.35. The summed E-state index contributed by atoms with van der Waals surface area (Å²) in [5.74, 6) is 0.534. The zero-order chi connectivity index (χ0) is 15.8. The summed E-state index contributed by atoms with van der Waals surface area (Å²) in [6, 6.07) is 14.8. The van der Waals surface area contributed by atoms with Gasteiger partial charge in [-0.1, -0.05) is 24.8 Å². The van der Waals surface area contributed by atoms with Crippen LogP contribution in [-0.4, -0.2) is 18.7 Å². The molecule has 0 heterocycles. The minimum absolute atomic E-state index is 0.229. The maximum Gasteiger partial charge on any atom is 0.272 e. The van der Waals surface area contributed by atoms with Crippen LogP contribution in [0.5, 0.6) is 5.75 Å². The Hall–Kier alpha value is -2.15. The van der Waals surface area contributed by atoms with E-state index in [-0.39, 0.29) is 5.91 Å². The molecule has 4 nitrogen and oxygen atoms in total. The summed E-state index contributed by atoms with van der Waals surface area (Å²) >= 11 is 2.12. The molecule has 112 valence electrons. The lowest BCUT2D eigenvalue weighted by atomic mass is 10.2. The first-order valence-electron chi connectivity index (χ1n) is 6.62. The van der Waals surface area contributed by atoms with E-state index in [1.54, 1.807) is 18.4 Å². The summed E-state index contributed by atoms with van der Waals surface area (Å²) in [6.07, 6.45) is 3.28. The Labute approximate surface area is 143 Å². The van der Waals surface area contributed by atoms with Gasteiger partial charge in [-0.2, -0.15) is 5.10 Å². The van der Waals surface area contributed by atoms with Crippen LogP contribution in [-0.2, 0) is 0 Å². The Balaban J connectivity index is 1.93. The third kappa shape index (κ3) is 4.70. The highest BCUT2D eigenvalue weighted by Crippen LogP contribution is 2.12. The van der Waals surface area contributed by atoms with E-state index in [1.165, 1.54) is 0 Å². The van der Waals surface area contributed by atoms with Gasteiger partial charge in [0.05, 0.1) is 11.8 Å². The normalized spacial score (nSPS) is 10.4. The Morgan fingerprint density at radius 3 is 2.64 bits per heavy atom. The van der Waals surface area contributed by atoms with Crippen LogP contribution in [0.4, 0.5) is 0 Å². The third-order valence-corrected chi connectivity index (χ3v) is 3.69. The molecule has 1 N–H and O–H groups in total. The van der Waals surface area contributed by atoms with Crippen molar-refractivity contribution in [3.63, 3.8) is 0 Å². The summed E-state index contributed by atoms with van der Waals surface area (Å²) < 4.78 is 6.28. The predicted octanol–water partition coefficient (Wildman–Crippen LogP) is 3.62. The highest BCUT2D eigenvalue weighted by atomic mass is 127. The summed E-state index contributed by atoms with van der Waals surface area (Å²) in [5.41, 5.74) is 3.99. The zero-order valence-electron chi connectivity index (χ0n) is 11.8. The van der Waals surface area contributed by atoms with Crippen molar-refractivity contribution < 1.29 is 9.53 Å². The van der Waals surface area contributed by atoms with Crippen LogP contribution in [0.3, 0.4) is 0 Å². The molecule has 0 aromatic heterocycles. The number of carbonyl (C=O) groups excluding carboxylic acids is 1. The van der Waals surface area contributed by atoms with Crippen LogP contribution in [0, 0.1) is 3.57 Å². The van der Waals surface area contributed by atoms with Crippen LogP contribution in [0.2, 0.25) is 0 Å².